The molecule has 0 aromatic carbocycles. The van der Waals surface area contributed by atoms with Crippen LogP contribution < -0.4 is 16.8 Å². The van der Waals surface area contributed by atoms with E-state index in [9.17, 15) is 5.11 Å². The molecule has 0 aromatic heterocycles. The Hall–Kier alpha value is -0.240. The molecule has 0 saturated heterocycles. The van der Waals surface area contributed by atoms with Gasteiger partial charge in [-0.25, -0.2) is 0 Å². The van der Waals surface area contributed by atoms with Crippen LogP contribution in [-0.2, 0) is 9.47 Å². The predicted molar refractivity (Wildman–Crippen MR) is 183 cm³/mol. The van der Waals surface area contributed by atoms with Crippen molar-refractivity contribution in [3.8, 4) is 0 Å². The molecule has 0 aromatic rings. The minimum Gasteiger partial charge on any atom is -0.393 e. The number of hydrogen-bond donors (Lipinski definition) is 4. The van der Waals surface area contributed by atoms with Crippen molar-refractivity contribution in [2.75, 3.05) is 39.4 Å². The van der Waals surface area contributed by atoms with E-state index in [1.807, 2.05) is 0 Å². The van der Waals surface area contributed by atoms with E-state index in [2.05, 4.69) is 33.0 Å². The van der Waals surface area contributed by atoms with Crippen molar-refractivity contribution >= 4 is 0 Å². The largest absolute Gasteiger partial charge is 0.393 e. The van der Waals surface area contributed by atoms with Gasteiger partial charge < -0.3 is 31.4 Å². The summed E-state index contributed by atoms with van der Waals surface area (Å²) in [6.45, 7) is 15.1. The molecule has 4 aliphatic rings. The predicted octanol–water partition coefficient (Wildman–Crippen LogP) is 7.06. The highest BCUT2D eigenvalue weighted by atomic mass is 16.5. The van der Waals surface area contributed by atoms with Crippen LogP contribution in [0.15, 0.2) is 0 Å². The minimum atomic E-state index is -0.215. The minimum absolute atomic E-state index is 0.00624. The molecule has 0 radical (unpaired) electrons. The Morgan fingerprint density at radius 1 is 0.818 bits per heavy atom. The Labute approximate surface area is 271 Å². The van der Waals surface area contributed by atoms with Gasteiger partial charge in [-0.15, -0.1) is 0 Å². The van der Waals surface area contributed by atoms with Gasteiger partial charge in [0.1, 0.15) is 0 Å². The van der Waals surface area contributed by atoms with E-state index in [1.54, 1.807) is 0 Å². The molecule has 44 heavy (non-hydrogen) atoms. The molecule has 0 bridgehead atoms. The second-order valence-electron chi connectivity index (χ2n) is 16.1. The van der Waals surface area contributed by atoms with Gasteiger partial charge in [-0.3, -0.25) is 0 Å². The van der Waals surface area contributed by atoms with Crippen LogP contribution in [0.1, 0.15) is 137 Å². The summed E-state index contributed by atoms with van der Waals surface area (Å²) in [5.74, 6) is 3.48. The zero-order valence-electron chi connectivity index (χ0n) is 29.4. The number of ether oxygens (including phenoxy) is 2. The molecular formula is C38H73N3O3. The van der Waals surface area contributed by atoms with Gasteiger partial charge >= 0.3 is 0 Å². The van der Waals surface area contributed by atoms with Gasteiger partial charge in [-0.05, 0) is 150 Å². The number of aliphatic hydroxyl groups is 1. The maximum Gasteiger partial charge on any atom is 0.0611 e. The van der Waals surface area contributed by atoms with E-state index < -0.39 is 0 Å². The highest BCUT2D eigenvalue weighted by Crippen LogP contribution is 2.68. The molecule has 4 saturated carbocycles. The van der Waals surface area contributed by atoms with Crippen molar-refractivity contribution in [3.05, 3.63) is 0 Å². The molecule has 0 spiro atoms. The molecule has 11 atom stereocenters. The van der Waals surface area contributed by atoms with Gasteiger partial charge in [0.15, 0.2) is 0 Å². The van der Waals surface area contributed by atoms with Crippen LogP contribution in [0.5, 0.6) is 0 Å². The molecule has 4 rings (SSSR count). The summed E-state index contributed by atoms with van der Waals surface area (Å²) in [6.07, 6.45) is 21.1. The lowest BCUT2D eigenvalue weighted by atomic mass is 9.43. The molecular weight excluding hydrogens is 546 g/mol. The third kappa shape index (κ3) is 8.42. The number of rotatable bonds is 20. The monoisotopic (exact) mass is 620 g/mol. The Kier molecular flexibility index (Phi) is 14.8. The standard InChI is InChI=1S/C38H73N3O3/c1-5-6-7-8-9-10-21-41-22-11-14-28(2)31-15-16-32-36-33(27-35(42)38(31,32)4)37(3)18-17-30(43-23-12-19-39)25-29(37)26-34(36)44-24-13-20-40/h28-36,41-42H,5-27,39-40H2,1-4H3/t28-,29+,30-,31-,32+,33+,34-,35+,36+,37+,38-/m1/s1. The maximum atomic E-state index is 12.1. The average Bonchev–Trinajstić information content (AvgIpc) is 3.37. The number of hydrogen-bond acceptors (Lipinski definition) is 6. The van der Waals surface area contributed by atoms with Gasteiger partial charge in [-0.1, -0.05) is 59.8 Å². The van der Waals surface area contributed by atoms with E-state index in [1.165, 1.54) is 70.6 Å². The highest BCUT2D eigenvalue weighted by Gasteiger charge is 2.66. The summed E-state index contributed by atoms with van der Waals surface area (Å²) in [5.41, 5.74) is 11.9. The lowest BCUT2D eigenvalue weighted by molar-refractivity contribution is -0.218. The smallest absolute Gasteiger partial charge is 0.0611 e. The number of aliphatic hydroxyl groups excluding tert-OH is 1. The molecule has 0 heterocycles. The Morgan fingerprint density at radius 3 is 2.27 bits per heavy atom. The van der Waals surface area contributed by atoms with Crippen LogP contribution in [0.25, 0.3) is 0 Å². The first kappa shape index (κ1) is 36.6. The van der Waals surface area contributed by atoms with Crippen LogP contribution in [0.2, 0.25) is 0 Å². The molecule has 4 aliphatic carbocycles. The lowest BCUT2D eigenvalue weighted by Crippen LogP contribution is -2.62. The summed E-state index contributed by atoms with van der Waals surface area (Å²) in [4.78, 5) is 0. The van der Waals surface area contributed by atoms with Gasteiger partial charge in [0.05, 0.1) is 18.3 Å². The average molecular weight is 620 g/mol. The Bertz CT molecular complexity index is 814. The van der Waals surface area contributed by atoms with Crippen LogP contribution in [0.4, 0.5) is 0 Å². The summed E-state index contributed by atoms with van der Waals surface area (Å²) >= 11 is 0. The third-order valence-electron chi connectivity index (χ3n) is 13.6. The summed E-state index contributed by atoms with van der Waals surface area (Å²) in [6, 6.07) is 0. The van der Waals surface area contributed by atoms with Crippen molar-refractivity contribution < 1.29 is 14.6 Å². The molecule has 6 heteroatoms. The molecule has 0 amide bonds. The summed E-state index contributed by atoms with van der Waals surface area (Å²) in [5, 5.41) is 15.9. The lowest BCUT2D eigenvalue weighted by Gasteiger charge is -2.64. The fourth-order valence-corrected chi connectivity index (χ4v) is 11.0. The van der Waals surface area contributed by atoms with Gasteiger partial charge in [0.25, 0.3) is 0 Å². The Morgan fingerprint density at radius 2 is 1.52 bits per heavy atom. The number of fused-ring (bicyclic) bond motifs is 5. The van der Waals surface area contributed by atoms with Crippen molar-refractivity contribution in [1.29, 1.82) is 0 Å². The van der Waals surface area contributed by atoms with Crippen LogP contribution in [0, 0.1) is 46.3 Å². The number of nitrogens with one attached hydrogen (secondary N) is 1. The van der Waals surface area contributed by atoms with E-state index in [0.717, 1.165) is 64.8 Å². The topological polar surface area (TPSA) is 103 Å². The van der Waals surface area contributed by atoms with Gasteiger partial charge in [-0.2, -0.15) is 0 Å². The van der Waals surface area contributed by atoms with Crippen molar-refractivity contribution in [1.82, 2.24) is 5.32 Å². The van der Waals surface area contributed by atoms with Crippen LogP contribution >= 0.6 is 0 Å². The highest BCUT2D eigenvalue weighted by molar-refractivity contribution is 5.14. The van der Waals surface area contributed by atoms with E-state index in [0.29, 0.717) is 54.7 Å². The van der Waals surface area contributed by atoms with E-state index >= 15 is 0 Å². The Balaban J connectivity index is 1.38. The van der Waals surface area contributed by atoms with Gasteiger partial charge in [0.2, 0.25) is 0 Å². The molecule has 258 valence electrons. The van der Waals surface area contributed by atoms with Crippen molar-refractivity contribution in [2.24, 2.45) is 57.8 Å². The van der Waals surface area contributed by atoms with Gasteiger partial charge in [0, 0.05) is 13.2 Å². The van der Waals surface area contributed by atoms with Crippen LogP contribution in [0.3, 0.4) is 0 Å². The number of unbranched alkanes of at least 4 members (excludes halogenated alkanes) is 5. The van der Waals surface area contributed by atoms with E-state index in [4.69, 9.17) is 20.9 Å². The fraction of sp³-hybridized carbons (Fsp3) is 1.00. The quantitative estimate of drug-likeness (QED) is 0.109. The van der Waals surface area contributed by atoms with Crippen LogP contribution in [-0.4, -0.2) is 62.8 Å². The SMILES string of the molecule is CCCCCCCCNCCC[C@@H](C)[C@H]1CC[C@H]2[C@@H]3[C@H](OCCCN)C[C@@H]4C[C@H](OCCCN)CC[C@]4(C)[C@H]3C[C@H](O)[C@]12C. The van der Waals surface area contributed by atoms with Crippen molar-refractivity contribution in [2.45, 2.75) is 155 Å². The third-order valence-corrected chi connectivity index (χ3v) is 13.6. The number of nitrogens with two attached hydrogens (primary N) is 2. The first-order valence-corrected chi connectivity index (χ1v) is 19.3. The zero-order valence-corrected chi connectivity index (χ0v) is 29.4. The molecule has 4 fully saturated rings. The molecule has 0 unspecified atom stereocenters. The first-order valence-electron chi connectivity index (χ1n) is 19.3. The maximum absolute atomic E-state index is 12.1. The van der Waals surface area contributed by atoms with E-state index in [-0.39, 0.29) is 23.0 Å². The molecule has 6 N–H and O–H groups in total. The molecule has 6 nitrogen and oxygen atoms in total. The first-order chi connectivity index (χ1) is 21.3. The summed E-state index contributed by atoms with van der Waals surface area (Å²) < 4.78 is 13.1. The van der Waals surface area contributed by atoms with Crippen molar-refractivity contribution in [3.63, 3.8) is 0 Å². The fourth-order valence-electron chi connectivity index (χ4n) is 11.0. The second kappa shape index (κ2) is 17.8. The zero-order chi connectivity index (χ0) is 31.6. The normalized spacial score (nSPS) is 39.1. The summed E-state index contributed by atoms with van der Waals surface area (Å²) in [7, 11) is 0. The molecule has 0 aliphatic heterocycles. The second-order valence-corrected chi connectivity index (χ2v) is 16.1.